The van der Waals surface area contributed by atoms with Gasteiger partial charge in [-0.25, -0.2) is 13.4 Å². The molecule has 0 N–H and O–H groups in total. The highest BCUT2D eigenvalue weighted by molar-refractivity contribution is 7.92. The van der Waals surface area contributed by atoms with Crippen molar-refractivity contribution in [1.82, 2.24) is 4.98 Å². The molecule has 0 amide bonds. The number of ether oxygens (including phenoxy) is 1. The second-order valence-corrected chi connectivity index (χ2v) is 8.88. The summed E-state index contributed by atoms with van der Waals surface area (Å²) < 4.78 is 39.7. The van der Waals surface area contributed by atoms with Crippen LogP contribution in [0.2, 0.25) is 0 Å². The molecule has 7 heteroatoms. The van der Waals surface area contributed by atoms with Crippen molar-refractivity contribution in [3.05, 3.63) is 83.7 Å². The van der Waals surface area contributed by atoms with Gasteiger partial charge in [0.15, 0.2) is 5.58 Å². The molecule has 154 valence electrons. The van der Waals surface area contributed by atoms with Gasteiger partial charge in [0.25, 0.3) is 10.0 Å². The topological polar surface area (TPSA) is 72.6 Å². The number of fused-ring (bicyclic) bond motifs is 1. The van der Waals surface area contributed by atoms with Crippen LogP contribution in [-0.2, 0) is 16.6 Å². The largest absolute Gasteiger partial charge is 0.497 e. The Bertz CT molecular complexity index is 1260. The molecule has 0 aliphatic heterocycles. The standard InChI is InChI=1S/C23H22N2O4S/c1-16-8-9-17(2)22(14-16)30(26,27)25(18-10-12-19(28-3)13-11-18)15-23-24-20-6-4-5-7-21(20)29-23/h4-14H,15H2,1-3H3. The molecule has 0 fully saturated rings. The molecular formula is C23H22N2O4S. The number of methoxy groups -OCH3 is 1. The first-order chi connectivity index (χ1) is 14.4. The molecule has 0 saturated carbocycles. The summed E-state index contributed by atoms with van der Waals surface area (Å²) in [6.45, 7) is 3.63. The Hall–Kier alpha value is -3.32. The van der Waals surface area contributed by atoms with Crippen molar-refractivity contribution in [1.29, 1.82) is 0 Å². The average molecular weight is 423 g/mol. The molecular weight excluding hydrogens is 400 g/mol. The first-order valence-electron chi connectivity index (χ1n) is 9.47. The van der Waals surface area contributed by atoms with E-state index in [1.165, 1.54) is 4.31 Å². The van der Waals surface area contributed by atoms with Gasteiger partial charge in [-0.1, -0.05) is 24.3 Å². The van der Waals surface area contributed by atoms with E-state index in [1.807, 2.05) is 43.3 Å². The van der Waals surface area contributed by atoms with Gasteiger partial charge in [-0.15, -0.1) is 0 Å². The fourth-order valence-corrected chi connectivity index (χ4v) is 5.00. The molecule has 3 aromatic carbocycles. The van der Waals surface area contributed by atoms with Gasteiger partial charge in [-0.3, -0.25) is 4.31 Å². The molecule has 0 unspecified atom stereocenters. The zero-order valence-electron chi connectivity index (χ0n) is 17.0. The molecule has 30 heavy (non-hydrogen) atoms. The zero-order chi connectivity index (χ0) is 21.3. The van der Waals surface area contributed by atoms with Crippen LogP contribution in [0.5, 0.6) is 5.75 Å². The number of aromatic nitrogens is 1. The predicted octanol–water partition coefficient (Wildman–Crippen LogP) is 4.85. The highest BCUT2D eigenvalue weighted by atomic mass is 32.2. The molecule has 4 rings (SSSR count). The van der Waals surface area contributed by atoms with Gasteiger partial charge >= 0.3 is 0 Å². The highest BCUT2D eigenvalue weighted by Crippen LogP contribution is 2.30. The van der Waals surface area contributed by atoms with Crippen molar-refractivity contribution in [3.63, 3.8) is 0 Å². The van der Waals surface area contributed by atoms with E-state index < -0.39 is 10.0 Å². The lowest BCUT2D eigenvalue weighted by Crippen LogP contribution is -2.31. The van der Waals surface area contributed by atoms with Crippen LogP contribution in [0.25, 0.3) is 11.1 Å². The number of nitrogens with zero attached hydrogens (tertiary/aromatic N) is 2. The number of aryl methyl sites for hydroxylation is 2. The monoisotopic (exact) mass is 422 g/mol. The molecule has 0 bridgehead atoms. The summed E-state index contributed by atoms with van der Waals surface area (Å²) in [6.07, 6.45) is 0. The summed E-state index contributed by atoms with van der Waals surface area (Å²) >= 11 is 0. The molecule has 6 nitrogen and oxygen atoms in total. The van der Waals surface area contributed by atoms with Gasteiger partial charge in [0, 0.05) is 0 Å². The molecule has 0 aliphatic carbocycles. The third kappa shape index (κ3) is 3.76. The molecule has 1 heterocycles. The summed E-state index contributed by atoms with van der Waals surface area (Å²) in [6, 6.07) is 19.6. The zero-order valence-corrected chi connectivity index (χ0v) is 17.8. The lowest BCUT2D eigenvalue weighted by Gasteiger charge is -2.24. The fourth-order valence-electron chi connectivity index (χ4n) is 3.28. The van der Waals surface area contributed by atoms with E-state index >= 15 is 0 Å². The number of sulfonamides is 1. The van der Waals surface area contributed by atoms with Gasteiger partial charge in [-0.05, 0) is 67.4 Å². The molecule has 0 atom stereocenters. The smallest absolute Gasteiger partial charge is 0.265 e. The fraction of sp³-hybridized carbons (Fsp3) is 0.174. The van der Waals surface area contributed by atoms with Crippen LogP contribution in [0.3, 0.4) is 0 Å². The Balaban J connectivity index is 1.82. The van der Waals surface area contributed by atoms with Crippen LogP contribution in [0, 0.1) is 13.8 Å². The van der Waals surface area contributed by atoms with Crippen molar-refractivity contribution >= 4 is 26.8 Å². The molecule has 0 saturated heterocycles. The second-order valence-electron chi connectivity index (χ2n) is 7.05. The maximum Gasteiger partial charge on any atom is 0.265 e. The maximum atomic E-state index is 13.7. The minimum absolute atomic E-state index is 0.0310. The third-order valence-corrected chi connectivity index (χ3v) is 6.80. The Kier molecular flexibility index (Phi) is 5.22. The van der Waals surface area contributed by atoms with Crippen LogP contribution in [0.4, 0.5) is 5.69 Å². The quantitative estimate of drug-likeness (QED) is 0.444. The number of para-hydroxylation sites is 2. The highest BCUT2D eigenvalue weighted by Gasteiger charge is 2.28. The van der Waals surface area contributed by atoms with E-state index in [0.717, 1.165) is 5.56 Å². The Morgan fingerprint density at radius 3 is 2.43 bits per heavy atom. The number of hydrogen-bond acceptors (Lipinski definition) is 5. The Labute approximate surface area is 175 Å². The van der Waals surface area contributed by atoms with Gasteiger partial charge in [0.2, 0.25) is 5.89 Å². The third-order valence-electron chi connectivity index (χ3n) is 4.89. The number of hydrogen-bond donors (Lipinski definition) is 0. The van der Waals surface area contributed by atoms with E-state index in [2.05, 4.69) is 4.98 Å². The average Bonchev–Trinajstić information content (AvgIpc) is 3.16. The molecule has 0 aliphatic rings. The van der Waals surface area contributed by atoms with Crippen molar-refractivity contribution in [3.8, 4) is 5.75 Å². The van der Waals surface area contributed by atoms with Crippen LogP contribution in [-0.4, -0.2) is 20.5 Å². The van der Waals surface area contributed by atoms with Crippen molar-refractivity contribution in [2.45, 2.75) is 25.3 Å². The minimum Gasteiger partial charge on any atom is -0.497 e. The first kappa shape index (κ1) is 20.0. The van der Waals surface area contributed by atoms with E-state index in [-0.39, 0.29) is 11.4 Å². The van der Waals surface area contributed by atoms with Gasteiger partial charge in [-0.2, -0.15) is 0 Å². The van der Waals surface area contributed by atoms with Crippen LogP contribution in [0.15, 0.2) is 76.0 Å². The lowest BCUT2D eigenvalue weighted by atomic mass is 10.2. The van der Waals surface area contributed by atoms with Crippen molar-refractivity contribution in [2.75, 3.05) is 11.4 Å². The summed E-state index contributed by atoms with van der Waals surface area (Å²) in [7, 11) is -2.30. The summed E-state index contributed by atoms with van der Waals surface area (Å²) in [5.41, 5.74) is 3.35. The van der Waals surface area contributed by atoms with Gasteiger partial charge in [0.05, 0.1) is 17.7 Å². The molecule has 4 aromatic rings. The lowest BCUT2D eigenvalue weighted by molar-refractivity contribution is 0.415. The van der Waals surface area contributed by atoms with E-state index in [1.54, 1.807) is 44.4 Å². The number of rotatable bonds is 6. The number of oxazole rings is 1. The van der Waals surface area contributed by atoms with Crippen LogP contribution >= 0.6 is 0 Å². The molecule has 0 radical (unpaired) electrons. The summed E-state index contributed by atoms with van der Waals surface area (Å²) in [4.78, 5) is 4.72. The van der Waals surface area contributed by atoms with Crippen molar-refractivity contribution in [2.24, 2.45) is 0 Å². The predicted molar refractivity (Wildman–Crippen MR) is 116 cm³/mol. The molecule has 0 spiro atoms. The first-order valence-corrected chi connectivity index (χ1v) is 10.9. The summed E-state index contributed by atoms with van der Waals surface area (Å²) in [5, 5.41) is 0. The van der Waals surface area contributed by atoms with E-state index in [9.17, 15) is 8.42 Å². The summed E-state index contributed by atoms with van der Waals surface area (Å²) in [5.74, 6) is 0.964. The SMILES string of the molecule is COc1ccc(N(Cc2nc3ccccc3o2)S(=O)(=O)c2cc(C)ccc2C)cc1. The minimum atomic E-state index is -3.87. The van der Waals surface area contributed by atoms with E-state index in [0.29, 0.717) is 34.0 Å². The van der Waals surface area contributed by atoms with Crippen LogP contribution in [0.1, 0.15) is 17.0 Å². The normalized spacial score (nSPS) is 11.6. The number of benzene rings is 3. The van der Waals surface area contributed by atoms with Gasteiger partial charge < -0.3 is 9.15 Å². The number of anilines is 1. The van der Waals surface area contributed by atoms with Crippen LogP contribution < -0.4 is 9.04 Å². The van der Waals surface area contributed by atoms with Crippen molar-refractivity contribution < 1.29 is 17.6 Å². The maximum absolute atomic E-state index is 13.7. The van der Waals surface area contributed by atoms with E-state index in [4.69, 9.17) is 9.15 Å². The Morgan fingerprint density at radius 2 is 1.73 bits per heavy atom. The van der Waals surface area contributed by atoms with Gasteiger partial charge in [0.1, 0.15) is 17.8 Å². The second kappa shape index (κ2) is 7.84. The molecule has 1 aromatic heterocycles. The Morgan fingerprint density at radius 1 is 1.00 bits per heavy atom.